The van der Waals surface area contributed by atoms with Crippen molar-refractivity contribution in [3.8, 4) is 0 Å². The Morgan fingerprint density at radius 2 is 2.10 bits per heavy atom. The van der Waals surface area contributed by atoms with Gasteiger partial charge in [0.1, 0.15) is 11.6 Å². The molecule has 30 heavy (non-hydrogen) atoms. The minimum atomic E-state index is 0.0113. The second-order valence-electron chi connectivity index (χ2n) is 8.36. The molecule has 8 heteroatoms. The number of rotatable bonds is 6. The predicted octanol–water partition coefficient (Wildman–Crippen LogP) is 3.79. The molecule has 2 aliphatic heterocycles. The molecule has 0 aromatic carbocycles. The van der Waals surface area contributed by atoms with E-state index in [0.717, 1.165) is 80.6 Å². The Kier molecular flexibility index (Phi) is 6.94. The highest BCUT2D eigenvalue weighted by Gasteiger charge is 2.30. The van der Waals surface area contributed by atoms with Crippen molar-refractivity contribution in [2.45, 2.75) is 70.8 Å². The molecule has 4 heterocycles. The lowest BCUT2D eigenvalue weighted by atomic mass is 9.94. The highest BCUT2D eigenvalue weighted by atomic mass is 32.1. The quantitative estimate of drug-likeness (QED) is 0.728. The van der Waals surface area contributed by atoms with Crippen molar-refractivity contribution in [1.82, 2.24) is 25.2 Å². The van der Waals surface area contributed by atoms with E-state index in [2.05, 4.69) is 22.5 Å². The van der Waals surface area contributed by atoms with Crippen LogP contribution in [0.2, 0.25) is 0 Å². The third-order valence-electron chi connectivity index (χ3n) is 5.94. The third kappa shape index (κ3) is 5.16. The average Bonchev–Trinajstić information content (AvgIpc) is 3.20. The van der Waals surface area contributed by atoms with Crippen molar-refractivity contribution in [2.24, 2.45) is 0 Å². The first kappa shape index (κ1) is 21.2. The van der Waals surface area contributed by atoms with E-state index in [-0.39, 0.29) is 11.9 Å². The van der Waals surface area contributed by atoms with Gasteiger partial charge in [-0.1, -0.05) is 19.8 Å². The van der Waals surface area contributed by atoms with Gasteiger partial charge >= 0.3 is 0 Å². The molecular formula is C22H32N6OS. The van der Waals surface area contributed by atoms with Crippen LogP contribution in [-0.4, -0.2) is 51.4 Å². The van der Waals surface area contributed by atoms with E-state index in [1.807, 2.05) is 24.1 Å². The molecular weight excluding hydrogens is 396 g/mol. The topological polar surface area (TPSA) is 83.0 Å². The summed E-state index contributed by atoms with van der Waals surface area (Å²) in [6.45, 7) is 6.72. The van der Waals surface area contributed by atoms with Gasteiger partial charge in [-0.15, -0.1) is 11.3 Å². The fourth-order valence-electron chi connectivity index (χ4n) is 4.32. The molecule has 0 unspecified atom stereocenters. The number of nitrogens with zero attached hydrogens (tertiary/aromatic N) is 4. The first-order valence-electron chi connectivity index (χ1n) is 11.2. The van der Waals surface area contributed by atoms with Gasteiger partial charge in [0, 0.05) is 41.8 Å². The second kappa shape index (κ2) is 9.83. The zero-order chi connectivity index (χ0) is 20.9. The zero-order valence-corrected chi connectivity index (χ0v) is 18.8. The molecule has 4 rings (SSSR count). The first-order chi connectivity index (χ1) is 14.6. The van der Waals surface area contributed by atoms with Crippen LogP contribution < -0.4 is 10.6 Å². The molecule has 2 aromatic rings. The van der Waals surface area contributed by atoms with Gasteiger partial charge in [-0.2, -0.15) is 0 Å². The van der Waals surface area contributed by atoms with E-state index in [0.29, 0.717) is 5.92 Å². The molecule has 0 spiro atoms. The summed E-state index contributed by atoms with van der Waals surface area (Å²) in [6, 6.07) is 1.98. The van der Waals surface area contributed by atoms with E-state index >= 15 is 0 Å². The molecule has 1 amide bonds. The normalized spacial score (nSPS) is 20.3. The number of aryl methyl sites for hydroxylation is 2. The molecule has 0 aliphatic carbocycles. The van der Waals surface area contributed by atoms with Crippen molar-refractivity contribution in [1.29, 1.82) is 0 Å². The lowest BCUT2D eigenvalue weighted by Crippen LogP contribution is -2.50. The zero-order valence-electron chi connectivity index (χ0n) is 18.0. The fourth-order valence-corrected chi connectivity index (χ4v) is 5.24. The number of hydrogen-bond donors (Lipinski definition) is 2. The van der Waals surface area contributed by atoms with Gasteiger partial charge in [0.25, 0.3) is 0 Å². The van der Waals surface area contributed by atoms with Crippen LogP contribution in [0.25, 0.3) is 0 Å². The molecule has 162 valence electrons. The molecule has 2 aromatic heterocycles. The molecule has 2 fully saturated rings. The van der Waals surface area contributed by atoms with E-state index < -0.39 is 0 Å². The van der Waals surface area contributed by atoms with Crippen LogP contribution in [0.1, 0.15) is 67.8 Å². The van der Waals surface area contributed by atoms with Gasteiger partial charge < -0.3 is 15.5 Å². The molecule has 2 saturated heterocycles. The lowest BCUT2D eigenvalue weighted by molar-refractivity contribution is -0.135. The lowest BCUT2D eigenvalue weighted by Gasteiger charge is -2.35. The van der Waals surface area contributed by atoms with Crippen LogP contribution in [-0.2, 0) is 11.2 Å². The monoisotopic (exact) mass is 428 g/mol. The fraction of sp³-hybridized carbons (Fsp3) is 0.636. The average molecular weight is 429 g/mol. The number of piperidine rings is 2. The minimum absolute atomic E-state index is 0.0113. The first-order valence-corrected chi connectivity index (χ1v) is 12.0. The van der Waals surface area contributed by atoms with E-state index in [1.165, 1.54) is 11.3 Å². The Hall–Kier alpha value is -2.06. The summed E-state index contributed by atoms with van der Waals surface area (Å²) in [7, 11) is 0. The molecule has 1 atom stereocenters. The van der Waals surface area contributed by atoms with Crippen molar-refractivity contribution < 1.29 is 4.79 Å². The van der Waals surface area contributed by atoms with E-state index in [1.54, 1.807) is 11.3 Å². The molecule has 2 N–H and O–H groups in total. The Bertz CT molecular complexity index is 855. The van der Waals surface area contributed by atoms with Gasteiger partial charge in [0.05, 0.1) is 6.04 Å². The summed E-state index contributed by atoms with van der Waals surface area (Å²) in [5.41, 5.74) is 0.956. The Morgan fingerprint density at radius 3 is 2.83 bits per heavy atom. The van der Waals surface area contributed by atoms with Gasteiger partial charge in [-0.25, -0.2) is 15.0 Å². The highest BCUT2D eigenvalue weighted by molar-refractivity contribution is 7.15. The van der Waals surface area contributed by atoms with Crippen molar-refractivity contribution in [3.63, 3.8) is 0 Å². The van der Waals surface area contributed by atoms with Crippen LogP contribution in [0.4, 0.5) is 10.9 Å². The van der Waals surface area contributed by atoms with Crippen LogP contribution in [0.5, 0.6) is 0 Å². The summed E-state index contributed by atoms with van der Waals surface area (Å²) in [5, 5.41) is 7.61. The Balaban J connectivity index is 1.37. The number of nitrogens with one attached hydrogen (secondary N) is 2. The molecule has 7 nitrogen and oxygen atoms in total. The SMILES string of the molecule is CCCc1cnc(Nc2cc(C)nc(C3CCN(C(=O)[C@H]4CCCCN4)CC3)n2)s1. The maximum absolute atomic E-state index is 12.8. The van der Waals surface area contributed by atoms with Gasteiger partial charge in [0.15, 0.2) is 5.13 Å². The Morgan fingerprint density at radius 1 is 1.27 bits per heavy atom. The summed E-state index contributed by atoms with van der Waals surface area (Å²) >= 11 is 1.68. The number of amides is 1. The van der Waals surface area contributed by atoms with Gasteiger partial charge in [0.2, 0.25) is 5.91 Å². The summed E-state index contributed by atoms with van der Waals surface area (Å²) < 4.78 is 0. The molecule has 0 bridgehead atoms. The van der Waals surface area contributed by atoms with E-state index in [9.17, 15) is 4.79 Å². The summed E-state index contributed by atoms with van der Waals surface area (Å²) in [5.74, 6) is 2.25. The summed E-state index contributed by atoms with van der Waals surface area (Å²) in [4.78, 5) is 30.1. The van der Waals surface area contributed by atoms with Crippen molar-refractivity contribution in [3.05, 3.63) is 28.7 Å². The van der Waals surface area contributed by atoms with Crippen LogP contribution >= 0.6 is 11.3 Å². The number of likely N-dealkylation sites (tertiary alicyclic amines) is 1. The maximum atomic E-state index is 12.8. The number of anilines is 2. The van der Waals surface area contributed by atoms with Gasteiger partial charge in [-0.05, 0) is 45.6 Å². The van der Waals surface area contributed by atoms with Crippen LogP contribution in [0.15, 0.2) is 12.3 Å². The predicted molar refractivity (Wildman–Crippen MR) is 120 cm³/mol. The standard InChI is InChI=1S/C22H32N6OS/c1-3-6-17-14-24-22(30-17)27-19-13-15(2)25-20(26-19)16-8-11-28(12-9-16)21(29)18-7-4-5-10-23-18/h13-14,16,18,23H,3-12H2,1-2H3,(H,24,25,26,27)/t18-/m1/s1. The minimum Gasteiger partial charge on any atom is -0.341 e. The third-order valence-corrected chi connectivity index (χ3v) is 6.91. The molecule has 0 saturated carbocycles. The van der Waals surface area contributed by atoms with Crippen molar-refractivity contribution >= 4 is 28.2 Å². The smallest absolute Gasteiger partial charge is 0.239 e. The number of hydrogen-bond acceptors (Lipinski definition) is 7. The highest BCUT2D eigenvalue weighted by Crippen LogP contribution is 2.29. The maximum Gasteiger partial charge on any atom is 0.239 e. The Labute approximate surface area is 182 Å². The van der Waals surface area contributed by atoms with Crippen molar-refractivity contribution in [2.75, 3.05) is 25.0 Å². The number of aromatic nitrogens is 3. The van der Waals surface area contributed by atoms with Gasteiger partial charge in [-0.3, -0.25) is 4.79 Å². The number of carbonyl (C=O) groups excluding carboxylic acids is 1. The molecule has 2 aliphatic rings. The second-order valence-corrected chi connectivity index (χ2v) is 9.48. The largest absolute Gasteiger partial charge is 0.341 e. The number of thiazole rings is 1. The summed E-state index contributed by atoms with van der Waals surface area (Å²) in [6.07, 6.45) is 9.24. The van der Waals surface area contributed by atoms with Crippen LogP contribution in [0, 0.1) is 6.92 Å². The van der Waals surface area contributed by atoms with Crippen LogP contribution in [0.3, 0.4) is 0 Å². The van der Waals surface area contributed by atoms with E-state index in [4.69, 9.17) is 9.97 Å². The molecule has 0 radical (unpaired) electrons. The number of carbonyl (C=O) groups is 1.